The molecule has 24 heavy (non-hydrogen) atoms. The van der Waals surface area contributed by atoms with Gasteiger partial charge >= 0.3 is 0 Å². The van der Waals surface area contributed by atoms with Crippen LogP contribution in [0, 0.1) is 35.5 Å². The van der Waals surface area contributed by atoms with Crippen LogP contribution in [0.2, 0.25) is 0 Å². The Morgan fingerprint density at radius 3 is 2.46 bits per heavy atom. The van der Waals surface area contributed by atoms with Crippen molar-refractivity contribution in [1.82, 2.24) is 0 Å². The van der Waals surface area contributed by atoms with E-state index < -0.39 is 24.1 Å². The summed E-state index contributed by atoms with van der Waals surface area (Å²) in [7, 11) is 0. The lowest BCUT2D eigenvalue weighted by Crippen LogP contribution is -2.55. The maximum absolute atomic E-state index is 12.1. The molecule has 0 bridgehead atoms. The number of hydrogen-bond donors (Lipinski definition) is 4. The zero-order valence-electron chi connectivity index (χ0n) is 14.2. The third-order valence-corrected chi connectivity index (χ3v) is 7.98. The van der Waals surface area contributed by atoms with Crippen molar-refractivity contribution in [2.24, 2.45) is 35.5 Å². The van der Waals surface area contributed by atoms with E-state index in [2.05, 4.69) is 0 Å². The summed E-state index contributed by atoms with van der Waals surface area (Å²) in [5.74, 6) is 1.21. The first kappa shape index (κ1) is 17.0. The van der Waals surface area contributed by atoms with Gasteiger partial charge in [-0.2, -0.15) is 0 Å². The first-order valence-corrected chi connectivity index (χ1v) is 9.68. The minimum absolute atomic E-state index is 0.185. The van der Waals surface area contributed by atoms with E-state index in [-0.39, 0.29) is 23.9 Å². The normalized spacial score (nSPS) is 53.8. The first-order chi connectivity index (χ1) is 11.5. The fraction of sp³-hybridized carbons (Fsp3) is 0.947. The van der Waals surface area contributed by atoms with Gasteiger partial charge in [-0.25, -0.2) is 0 Å². The van der Waals surface area contributed by atoms with E-state index in [1.807, 2.05) is 0 Å². The second-order valence-electron chi connectivity index (χ2n) is 8.83. The van der Waals surface area contributed by atoms with Gasteiger partial charge in [-0.3, -0.25) is 4.79 Å². The van der Waals surface area contributed by atoms with Gasteiger partial charge in [0.15, 0.2) is 5.78 Å². The Morgan fingerprint density at radius 2 is 1.71 bits per heavy atom. The molecule has 0 aromatic carbocycles. The highest BCUT2D eigenvalue weighted by molar-refractivity contribution is 5.88. The fourth-order valence-electron chi connectivity index (χ4n) is 7.00. The van der Waals surface area contributed by atoms with Crippen LogP contribution in [-0.4, -0.2) is 50.6 Å². The lowest BCUT2D eigenvalue weighted by atomic mass is 9.52. The van der Waals surface area contributed by atoms with Crippen LogP contribution >= 0.6 is 0 Å². The van der Waals surface area contributed by atoms with E-state index in [1.54, 1.807) is 0 Å². The summed E-state index contributed by atoms with van der Waals surface area (Å²) < 4.78 is 0. The topological polar surface area (TPSA) is 98.0 Å². The molecule has 4 N–H and O–H groups in total. The van der Waals surface area contributed by atoms with Crippen LogP contribution in [0.15, 0.2) is 0 Å². The summed E-state index contributed by atoms with van der Waals surface area (Å²) in [4.78, 5) is 12.1. The Bertz CT molecular complexity index is 508. The molecule has 0 aromatic rings. The molecule has 4 aliphatic rings. The SMILES string of the molecule is O=C(CO)[C@@]1(O)CCC2C3CC[C@H]4C[C@H](O)CCC4C3[C@@H](O)CC21. The monoisotopic (exact) mass is 338 g/mol. The zero-order valence-corrected chi connectivity index (χ0v) is 14.2. The lowest BCUT2D eigenvalue weighted by Gasteiger charge is -2.55. The van der Waals surface area contributed by atoms with Gasteiger partial charge in [-0.1, -0.05) is 0 Å². The average molecular weight is 338 g/mol. The number of Topliss-reactive ketones (excluding diaryl/α,β-unsaturated/α-hetero) is 1. The number of fused-ring (bicyclic) bond motifs is 5. The largest absolute Gasteiger partial charge is 0.393 e. The lowest BCUT2D eigenvalue weighted by molar-refractivity contribution is -0.159. The van der Waals surface area contributed by atoms with E-state index >= 15 is 0 Å². The maximum atomic E-state index is 12.1. The Kier molecular flexibility index (Phi) is 4.27. The van der Waals surface area contributed by atoms with Gasteiger partial charge in [-0.05, 0) is 81.0 Å². The van der Waals surface area contributed by atoms with Crippen molar-refractivity contribution in [2.45, 2.75) is 69.2 Å². The minimum atomic E-state index is -1.44. The summed E-state index contributed by atoms with van der Waals surface area (Å²) in [5, 5.41) is 41.0. The molecule has 9 atom stereocenters. The number of rotatable bonds is 2. The first-order valence-electron chi connectivity index (χ1n) is 9.68. The van der Waals surface area contributed by atoms with Crippen molar-refractivity contribution < 1.29 is 25.2 Å². The van der Waals surface area contributed by atoms with Gasteiger partial charge in [-0.15, -0.1) is 0 Å². The quantitative estimate of drug-likeness (QED) is 0.599. The molecule has 0 spiro atoms. The molecule has 5 heteroatoms. The van der Waals surface area contributed by atoms with Gasteiger partial charge in [0, 0.05) is 5.92 Å². The molecule has 0 saturated heterocycles. The molecule has 0 heterocycles. The molecule has 0 amide bonds. The Labute approximate surface area is 143 Å². The molecule has 136 valence electrons. The molecule has 5 unspecified atom stereocenters. The second-order valence-corrected chi connectivity index (χ2v) is 8.83. The van der Waals surface area contributed by atoms with Crippen molar-refractivity contribution in [3.8, 4) is 0 Å². The van der Waals surface area contributed by atoms with Crippen LogP contribution in [0.3, 0.4) is 0 Å². The molecule has 0 radical (unpaired) electrons. The molecular weight excluding hydrogens is 308 g/mol. The fourth-order valence-corrected chi connectivity index (χ4v) is 7.00. The summed E-state index contributed by atoms with van der Waals surface area (Å²) in [6, 6.07) is 0. The number of carbonyl (C=O) groups is 1. The summed E-state index contributed by atoms with van der Waals surface area (Å²) in [5.41, 5.74) is -1.44. The van der Waals surface area contributed by atoms with Gasteiger partial charge in [0.2, 0.25) is 0 Å². The maximum Gasteiger partial charge on any atom is 0.189 e. The number of ketones is 1. The van der Waals surface area contributed by atoms with Crippen molar-refractivity contribution >= 4 is 5.78 Å². The van der Waals surface area contributed by atoms with E-state index in [9.17, 15) is 25.2 Å². The highest BCUT2D eigenvalue weighted by Crippen LogP contribution is 2.60. The second kappa shape index (κ2) is 6.04. The molecule has 5 nitrogen and oxygen atoms in total. The van der Waals surface area contributed by atoms with Crippen LogP contribution in [0.1, 0.15) is 51.4 Å². The van der Waals surface area contributed by atoms with Crippen LogP contribution in [-0.2, 0) is 4.79 Å². The number of aliphatic hydroxyl groups excluding tert-OH is 3. The van der Waals surface area contributed by atoms with Crippen LogP contribution in [0.5, 0.6) is 0 Å². The molecular formula is C19H30O5. The molecule has 4 aliphatic carbocycles. The highest BCUT2D eigenvalue weighted by Gasteiger charge is 2.60. The molecule has 0 aromatic heterocycles. The van der Waals surface area contributed by atoms with Crippen molar-refractivity contribution in [3.63, 3.8) is 0 Å². The van der Waals surface area contributed by atoms with E-state index in [1.165, 1.54) is 0 Å². The van der Waals surface area contributed by atoms with Crippen molar-refractivity contribution in [3.05, 3.63) is 0 Å². The van der Waals surface area contributed by atoms with Crippen LogP contribution < -0.4 is 0 Å². The Hall–Kier alpha value is -0.490. The summed E-state index contributed by atoms with van der Waals surface area (Å²) in [6.07, 6.45) is 5.85. The molecule has 0 aliphatic heterocycles. The third-order valence-electron chi connectivity index (χ3n) is 7.98. The predicted octanol–water partition coefficient (Wildman–Crippen LogP) is 0.873. The number of carbonyl (C=O) groups excluding carboxylic acids is 1. The van der Waals surface area contributed by atoms with Gasteiger partial charge < -0.3 is 20.4 Å². The van der Waals surface area contributed by atoms with Crippen molar-refractivity contribution in [2.75, 3.05) is 6.61 Å². The van der Waals surface area contributed by atoms with Crippen LogP contribution in [0.4, 0.5) is 0 Å². The molecule has 4 fully saturated rings. The van der Waals surface area contributed by atoms with Gasteiger partial charge in [0.25, 0.3) is 0 Å². The number of aliphatic hydroxyl groups is 4. The van der Waals surface area contributed by atoms with E-state index in [0.717, 1.165) is 38.5 Å². The standard InChI is InChI=1S/C19H30O5/c20-9-17(23)19(24)6-5-13-14-3-1-10-7-11(21)2-4-12(10)18(14)16(22)8-15(13)19/h10-16,18,20-22,24H,1-9H2/t10-,11+,12?,13?,14?,15?,16-,18?,19+/m0/s1. The van der Waals surface area contributed by atoms with Gasteiger partial charge in [0.05, 0.1) is 12.2 Å². The average Bonchev–Trinajstić information content (AvgIpc) is 2.91. The third kappa shape index (κ3) is 2.39. The smallest absolute Gasteiger partial charge is 0.189 e. The highest BCUT2D eigenvalue weighted by atomic mass is 16.3. The summed E-state index contributed by atoms with van der Waals surface area (Å²) >= 11 is 0. The Morgan fingerprint density at radius 1 is 0.958 bits per heavy atom. The number of hydrogen-bond acceptors (Lipinski definition) is 5. The van der Waals surface area contributed by atoms with Crippen LogP contribution in [0.25, 0.3) is 0 Å². The van der Waals surface area contributed by atoms with Gasteiger partial charge in [0.1, 0.15) is 12.2 Å². The zero-order chi connectivity index (χ0) is 17.1. The molecule has 4 rings (SSSR count). The van der Waals surface area contributed by atoms with E-state index in [0.29, 0.717) is 30.6 Å². The predicted molar refractivity (Wildman–Crippen MR) is 86.9 cm³/mol. The summed E-state index contributed by atoms with van der Waals surface area (Å²) in [6.45, 7) is -0.619. The van der Waals surface area contributed by atoms with Crippen molar-refractivity contribution in [1.29, 1.82) is 0 Å². The van der Waals surface area contributed by atoms with E-state index in [4.69, 9.17) is 0 Å². The molecule has 4 saturated carbocycles. The Balaban J connectivity index is 1.58. The minimum Gasteiger partial charge on any atom is -0.393 e.